The molecule has 10 rings (SSSR count). The average Bonchev–Trinajstić information content (AvgIpc) is 3.92. The summed E-state index contributed by atoms with van der Waals surface area (Å²) in [5.74, 6) is 0.916. The van der Waals surface area contributed by atoms with Gasteiger partial charge in [0, 0.05) is 100 Å². The number of aromatic amines is 1. The molecule has 0 bridgehead atoms. The number of nitrogens with one attached hydrogen (secondary N) is 3. The van der Waals surface area contributed by atoms with E-state index in [0.29, 0.717) is 36.2 Å². The molecule has 356 valence electrons. The Bertz CT molecular complexity index is 2810. The number of hydrogen-bond acceptors (Lipinski definition) is 10. The molecular weight excluding hydrogens is 860 g/mol. The van der Waals surface area contributed by atoms with Crippen molar-refractivity contribution in [3.63, 3.8) is 0 Å². The summed E-state index contributed by atoms with van der Waals surface area (Å²) >= 11 is 0. The summed E-state index contributed by atoms with van der Waals surface area (Å²) in [5.41, 5.74) is 9.59. The highest BCUT2D eigenvalue weighted by Crippen LogP contribution is 2.37. The number of imidazole rings is 1. The van der Waals surface area contributed by atoms with Gasteiger partial charge in [-0.15, -0.1) is 0 Å². The number of pyridine rings is 1. The molecule has 4 saturated heterocycles. The summed E-state index contributed by atoms with van der Waals surface area (Å²) in [6, 6.07) is 24.2. The van der Waals surface area contributed by atoms with Crippen LogP contribution in [0.5, 0.6) is 0 Å². The molecule has 0 spiro atoms. The molecule has 4 aliphatic heterocycles. The van der Waals surface area contributed by atoms with Crippen LogP contribution in [-0.4, -0.2) is 123 Å². The number of aromatic nitrogens is 4. The Morgan fingerprint density at radius 2 is 1.72 bits per heavy atom. The highest BCUT2D eigenvalue weighted by Gasteiger charge is 2.32. The summed E-state index contributed by atoms with van der Waals surface area (Å²) in [6.45, 7) is 11.7. The van der Waals surface area contributed by atoms with Gasteiger partial charge in [-0.3, -0.25) is 29.5 Å². The SMILES string of the molecule is COCc1nc2ccc(-c3ccnc4c3cc([C@H](C)N3CCC(c5ccc(C(=O)N6CCC(CN7CCN(c8ccc(NC9CCC(=O)NC9=O)cc8F)C[C@H]7C)CC6)cc5)CC3)n4C)cc2[nH]1. The summed E-state index contributed by atoms with van der Waals surface area (Å²) in [7, 11) is 3.81. The van der Waals surface area contributed by atoms with Gasteiger partial charge in [-0.1, -0.05) is 18.2 Å². The number of hydrogen-bond donors (Lipinski definition) is 3. The zero-order chi connectivity index (χ0) is 47.1. The van der Waals surface area contributed by atoms with Gasteiger partial charge in [0.05, 0.1) is 16.7 Å². The van der Waals surface area contributed by atoms with E-state index in [4.69, 9.17) is 9.72 Å². The van der Waals surface area contributed by atoms with Gasteiger partial charge in [0.1, 0.15) is 29.9 Å². The molecule has 14 nitrogen and oxygen atoms in total. The molecule has 68 heavy (non-hydrogen) atoms. The minimum atomic E-state index is -0.556. The Hall–Kier alpha value is -6.16. The van der Waals surface area contributed by atoms with Gasteiger partial charge in [-0.05, 0) is 142 Å². The van der Waals surface area contributed by atoms with E-state index >= 15 is 4.39 Å². The monoisotopic (exact) mass is 923 g/mol. The van der Waals surface area contributed by atoms with Crippen molar-refractivity contribution in [2.75, 3.05) is 69.7 Å². The van der Waals surface area contributed by atoms with Crippen LogP contribution in [0.2, 0.25) is 0 Å². The van der Waals surface area contributed by atoms with Crippen LogP contribution in [0.1, 0.15) is 91.8 Å². The molecule has 4 fully saturated rings. The number of carbonyl (C=O) groups is 3. The maximum Gasteiger partial charge on any atom is 0.253 e. The number of piperazine rings is 1. The van der Waals surface area contributed by atoms with Gasteiger partial charge < -0.3 is 29.4 Å². The molecule has 3 amide bonds. The van der Waals surface area contributed by atoms with Crippen LogP contribution < -0.4 is 15.5 Å². The molecule has 3 aromatic carbocycles. The largest absolute Gasteiger partial charge is 0.377 e. The number of rotatable bonds is 12. The highest BCUT2D eigenvalue weighted by molar-refractivity contribution is 6.01. The number of piperidine rings is 3. The van der Waals surface area contributed by atoms with Gasteiger partial charge in [0.15, 0.2) is 0 Å². The first kappa shape index (κ1) is 45.6. The topological polar surface area (TPSA) is 144 Å². The van der Waals surface area contributed by atoms with Gasteiger partial charge in [-0.25, -0.2) is 14.4 Å². The van der Waals surface area contributed by atoms with Crippen molar-refractivity contribution >= 4 is 51.2 Å². The van der Waals surface area contributed by atoms with Crippen molar-refractivity contribution in [1.82, 2.24) is 39.5 Å². The zero-order valence-electron chi connectivity index (χ0n) is 39.6. The maximum absolute atomic E-state index is 15.4. The van der Waals surface area contributed by atoms with Crippen LogP contribution in [0.3, 0.4) is 0 Å². The third kappa shape index (κ3) is 9.35. The summed E-state index contributed by atoms with van der Waals surface area (Å²) < 4.78 is 22.9. The fourth-order valence-corrected chi connectivity index (χ4v) is 11.2. The van der Waals surface area contributed by atoms with E-state index in [1.165, 1.54) is 17.3 Å². The Labute approximate surface area is 397 Å². The fraction of sp³-hybridized carbons (Fsp3) is 0.453. The van der Waals surface area contributed by atoms with E-state index in [9.17, 15) is 14.4 Å². The Morgan fingerprint density at radius 3 is 2.46 bits per heavy atom. The van der Waals surface area contributed by atoms with Crippen molar-refractivity contribution in [3.05, 3.63) is 107 Å². The lowest BCUT2D eigenvalue weighted by atomic mass is 9.88. The summed E-state index contributed by atoms with van der Waals surface area (Å²) in [5, 5.41) is 6.56. The number of likely N-dealkylation sites (tertiary alicyclic amines) is 2. The number of amides is 3. The number of carbonyl (C=O) groups excluding carboxylic acids is 3. The minimum Gasteiger partial charge on any atom is -0.377 e. The van der Waals surface area contributed by atoms with Crippen LogP contribution in [0.15, 0.2) is 79.0 Å². The summed E-state index contributed by atoms with van der Waals surface area (Å²) in [4.78, 5) is 59.5. The van der Waals surface area contributed by atoms with E-state index in [1.807, 2.05) is 23.2 Å². The third-order valence-electron chi connectivity index (χ3n) is 15.3. The number of H-pyrrole nitrogens is 1. The number of halogens is 1. The number of nitrogens with zero attached hydrogens (tertiary/aromatic N) is 7. The molecule has 3 atom stereocenters. The highest BCUT2D eigenvalue weighted by atomic mass is 19.1. The maximum atomic E-state index is 15.4. The third-order valence-corrected chi connectivity index (χ3v) is 15.3. The molecule has 1 unspecified atom stereocenters. The van der Waals surface area contributed by atoms with Crippen LogP contribution in [-0.2, 0) is 28.0 Å². The van der Waals surface area contributed by atoms with E-state index in [-0.39, 0.29) is 42.0 Å². The predicted molar refractivity (Wildman–Crippen MR) is 263 cm³/mol. The van der Waals surface area contributed by atoms with Crippen LogP contribution in [0.4, 0.5) is 15.8 Å². The number of fused-ring (bicyclic) bond motifs is 2. The number of anilines is 2. The molecule has 15 heteroatoms. The normalized spacial score (nSPS) is 20.9. The Morgan fingerprint density at radius 1 is 0.926 bits per heavy atom. The lowest BCUT2D eigenvalue weighted by molar-refractivity contribution is -0.133. The molecule has 3 N–H and O–H groups in total. The van der Waals surface area contributed by atoms with E-state index in [0.717, 1.165) is 123 Å². The number of aryl methyl sites for hydroxylation is 1. The van der Waals surface area contributed by atoms with Gasteiger partial charge in [-0.2, -0.15) is 0 Å². The molecule has 0 aliphatic carbocycles. The van der Waals surface area contributed by atoms with Gasteiger partial charge in [0.2, 0.25) is 11.8 Å². The van der Waals surface area contributed by atoms with Crippen molar-refractivity contribution in [2.45, 2.75) is 83.0 Å². The van der Waals surface area contributed by atoms with E-state index in [1.54, 1.807) is 19.2 Å². The lowest BCUT2D eigenvalue weighted by Crippen LogP contribution is -2.54. The fourth-order valence-electron chi connectivity index (χ4n) is 11.2. The molecule has 6 aromatic rings. The second-order valence-electron chi connectivity index (χ2n) is 19.5. The number of imide groups is 1. The van der Waals surface area contributed by atoms with Crippen LogP contribution >= 0.6 is 0 Å². The average molecular weight is 923 g/mol. The van der Waals surface area contributed by atoms with Gasteiger partial charge in [0.25, 0.3) is 5.91 Å². The smallest absolute Gasteiger partial charge is 0.253 e. The molecule has 3 aromatic heterocycles. The lowest BCUT2D eigenvalue weighted by Gasteiger charge is -2.43. The standard InChI is InChI=1S/C53H63FN10O4/c1-33-30-64(47-13-10-40(28-43(47)54)56-45-12-14-50(65)59-52(45)66)26-25-63(33)31-35-16-21-62(22-17-35)53(67)38-7-5-36(6-8-38)37-18-23-61(24-19-37)34(2)48-29-42-41(15-20-55-51(42)60(48)3)39-9-11-44-46(27-39)58-49(57-44)32-68-4/h5-11,13,15,20,27-29,33-35,37,45,56H,12,14,16-19,21-26,30-32H2,1-4H3,(H,57,58)(H,59,65,66)/t33-,34+,45?/m1/s1. The first-order valence-electron chi connectivity index (χ1n) is 24.4. The van der Waals surface area contributed by atoms with Crippen molar-refractivity contribution in [1.29, 1.82) is 0 Å². The van der Waals surface area contributed by atoms with Gasteiger partial charge >= 0.3 is 0 Å². The van der Waals surface area contributed by atoms with Crippen LogP contribution in [0.25, 0.3) is 33.2 Å². The number of methoxy groups -OCH3 is 1. The second-order valence-corrected chi connectivity index (χ2v) is 19.5. The van der Waals surface area contributed by atoms with Crippen molar-refractivity contribution in [3.8, 4) is 11.1 Å². The van der Waals surface area contributed by atoms with Crippen molar-refractivity contribution in [2.24, 2.45) is 13.0 Å². The quantitative estimate of drug-likeness (QED) is 0.105. The predicted octanol–water partition coefficient (Wildman–Crippen LogP) is 7.62. The first-order valence-corrected chi connectivity index (χ1v) is 24.4. The van der Waals surface area contributed by atoms with E-state index < -0.39 is 6.04 Å². The minimum absolute atomic E-state index is 0.117. The van der Waals surface area contributed by atoms with E-state index in [2.05, 4.69) is 103 Å². The molecule has 7 heterocycles. The first-order chi connectivity index (χ1) is 33.0. The Balaban J connectivity index is 0.684. The van der Waals surface area contributed by atoms with Crippen LogP contribution in [0, 0.1) is 11.7 Å². The molecule has 0 radical (unpaired) electrons. The Kier molecular flexibility index (Phi) is 13.0. The van der Waals surface area contributed by atoms with Crippen molar-refractivity contribution < 1.29 is 23.5 Å². The molecule has 4 aliphatic rings. The molecule has 0 saturated carbocycles. The number of ether oxygens (including phenoxy) is 1. The second kappa shape index (κ2) is 19.4. The molecular formula is C53H63FN10O4. The zero-order valence-corrected chi connectivity index (χ0v) is 39.6. The summed E-state index contributed by atoms with van der Waals surface area (Å²) in [6.07, 6.45) is 6.63. The number of benzene rings is 3.